The van der Waals surface area contributed by atoms with Gasteiger partial charge in [-0.3, -0.25) is 4.72 Å². The van der Waals surface area contributed by atoms with Crippen molar-refractivity contribution in [2.24, 2.45) is 0 Å². The quantitative estimate of drug-likeness (QED) is 0.730. The Hall–Kier alpha value is -2.09. The molecule has 0 spiro atoms. The van der Waals surface area contributed by atoms with Gasteiger partial charge >= 0.3 is 0 Å². The molecule has 1 N–H and O–H groups in total. The zero-order chi connectivity index (χ0) is 17.3. The summed E-state index contributed by atoms with van der Waals surface area (Å²) in [4.78, 5) is 0.0573. The largest absolute Gasteiger partial charge is 0.421 e. The molecule has 2 aromatic carbocycles. The minimum absolute atomic E-state index is 0.0573. The maximum atomic E-state index is 12.5. The summed E-state index contributed by atoms with van der Waals surface area (Å²) in [5.74, 6) is 0.645. The number of nitrogens with zero attached hydrogens (tertiary/aromatic N) is 2. The van der Waals surface area contributed by atoms with E-state index in [1.807, 2.05) is 0 Å². The molecule has 0 aliphatic carbocycles. The van der Waals surface area contributed by atoms with Crippen LogP contribution in [0.5, 0.6) is 0 Å². The molecule has 0 saturated heterocycles. The number of hydrogen-bond acceptors (Lipinski definition) is 5. The lowest BCUT2D eigenvalue weighted by molar-refractivity contribution is 0.532. The van der Waals surface area contributed by atoms with Gasteiger partial charge in [-0.15, -0.1) is 10.2 Å². The Morgan fingerprint density at radius 3 is 2.50 bits per heavy atom. The molecule has 3 rings (SSSR count). The number of sulfonamides is 1. The second-order valence-electron chi connectivity index (χ2n) is 4.89. The van der Waals surface area contributed by atoms with Gasteiger partial charge in [-0.2, -0.15) is 0 Å². The maximum absolute atomic E-state index is 12.5. The standard InChI is InChI=1S/C15H11Cl2N3O3S/c1-9-18-19-15(23-9)10-3-2-4-12(7-10)24(21,22)20-11-5-6-13(16)14(17)8-11/h2-8,20H,1H3. The Morgan fingerprint density at radius 2 is 1.83 bits per heavy atom. The zero-order valence-electron chi connectivity index (χ0n) is 12.3. The van der Waals surface area contributed by atoms with Gasteiger partial charge in [0.05, 0.1) is 20.6 Å². The van der Waals surface area contributed by atoms with E-state index in [2.05, 4.69) is 14.9 Å². The fourth-order valence-electron chi connectivity index (χ4n) is 1.98. The van der Waals surface area contributed by atoms with Crippen molar-refractivity contribution in [3.63, 3.8) is 0 Å². The molecule has 0 aliphatic heterocycles. The fraction of sp³-hybridized carbons (Fsp3) is 0.0667. The first kappa shape index (κ1) is 16.8. The SMILES string of the molecule is Cc1nnc(-c2cccc(S(=O)(=O)Nc3ccc(Cl)c(Cl)c3)c2)o1. The maximum Gasteiger partial charge on any atom is 0.261 e. The Kier molecular flexibility index (Phi) is 4.49. The first-order valence-electron chi connectivity index (χ1n) is 6.73. The first-order valence-corrected chi connectivity index (χ1v) is 8.97. The molecule has 3 aromatic rings. The van der Waals surface area contributed by atoms with Crippen LogP contribution in [0.25, 0.3) is 11.5 Å². The van der Waals surface area contributed by atoms with Crippen molar-refractivity contribution in [1.82, 2.24) is 10.2 Å². The highest BCUT2D eigenvalue weighted by Crippen LogP contribution is 2.27. The normalized spacial score (nSPS) is 11.5. The van der Waals surface area contributed by atoms with Gasteiger partial charge in [0.1, 0.15) is 0 Å². The molecule has 0 aliphatic rings. The molecule has 0 amide bonds. The zero-order valence-corrected chi connectivity index (χ0v) is 14.7. The molecule has 1 aromatic heterocycles. The van der Waals surface area contributed by atoms with E-state index in [1.54, 1.807) is 19.1 Å². The number of aromatic nitrogens is 2. The second kappa shape index (κ2) is 6.43. The van der Waals surface area contributed by atoms with Crippen LogP contribution in [0.1, 0.15) is 5.89 Å². The monoisotopic (exact) mass is 383 g/mol. The number of halogens is 2. The van der Waals surface area contributed by atoms with Gasteiger partial charge < -0.3 is 4.42 Å². The minimum atomic E-state index is -3.81. The third-order valence-corrected chi connectivity index (χ3v) is 5.21. The van der Waals surface area contributed by atoms with E-state index in [4.69, 9.17) is 27.6 Å². The average molecular weight is 384 g/mol. The van der Waals surface area contributed by atoms with Crippen LogP contribution in [0, 0.1) is 6.92 Å². The van der Waals surface area contributed by atoms with E-state index in [1.165, 1.54) is 30.3 Å². The molecule has 1 heterocycles. The van der Waals surface area contributed by atoms with Gasteiger partial charge in [-0.25, -0.2) is 8.42 Å². The molecule has 0 unspecified atom stereocenters. The van der Waals surface area contributed by atoms with E-state index in [0.29, 0.717) is 22.2 Å². The Balaban J connectivity index is 1.93. The number of rotatable bonds is 4. The van der Waals surface area contributed by atoms with Gasteiger partial charge in [0, 0.05) is 12.5 Å². The lowest BCUT2D eigenvalue weighted by Crippen LogP contribution is -2.13. The third-order valence-electron chi connectivity index (χ3n) is 3.09. The molecule has 0 bridgehead atoms. The minimum Gasteiger partial charge on any atom is -0.421 e. The van der Waals surface area contributed by atoms with Gasteiger partial charge in [0.25, 0.3) is 10.0 Å². The molecule has 0 fully saturated rings. The number of aryl methyl sites for hydroxylation is 1. The van der Waals surface area contributed by atoms with E-state index in [-0.39, 0.29) is 15.8 Å². The van der Waals surface area contributed by atoms with E-state index in [0.717, 1.165) is 0 Å². The molecular weight excluding hydrogens is 373 g/mol. The van der Waals surface area contributed by atoms with Crippen LogP contribution in [0.4, 0.5) is 5.69 Å². The highest BCUT2D eigenvalue weighted by molar-refractivity contribution is 7.92. The van der Waals surface area contributed by atoms with Crippen molar-refractivity contribution in [2.75, 3.05) is 4.72 Å². The third kappa shape index (κ3) is 3.53. The number of anilines is 1. The van der Waals surface area contributed by atoms with Gasteiger partial charge in [0.15, 0.2) is 0 Å². The Labute approximate surface area is 148 Å². The molecular formula is C15H11Cl2N3O3S. The van der Waals surface area contributed by atoms with Crippen molar-refractivity contribution in [1.29, 1.82) is 0 Å². The summed E-state index contributed by atoms with van der Waals surface area (Å²) in [6.45, 7) is 1.66. The van der Waals surface area contributed by atoms with E-state index < -0.39 is 10.0 Å². The number of hydrogen-bond donors (Lipinski definition) is 1. The summed E-state index contributed by atoms with van der Waals surface area (Å²) in [6, 6.07) is 10.7. The van der Waals surface area contributed by atoms with Crippen LogP contribution in [0.3, 0.4) is 0 Å². The Bertz CT molecular complexity index is 1000. The van der Waals surface area contributed by atoms with E-state index >= 15 is 0 Å². The van der Waals surface area contributed by atoms with Crippen molar-refractivity contribution < 1.29 is 12.8 Å². The molecule has 6 nitrogen and oxygen atoms in total. The summed E-state index contributed by atoms with van der Waals surface area (Å²) < 4.78 is 32.8. The summed E-state index contributed by atoms with van der Waals surface area (Å²) in [5.41, 5.74) is 0.816. The highest BCUT2D eigenvalue weighted by atomic mass is 35.5. The lowest BCUT2D eigenvalue weighted by atomic mass is 10.2. The van der Waals surface area contributed by atoms with Crippen molar-refractivity contribution in [3.05, 3.63) is 58.4 Å². The molecule has 24 heavy (non-hydrogen) atoms. The van der Waals surface area contributed by atoms with Crippen LogP contribution >= 0.6 is 23.2 Å². The topological polar surface area (TPSA) is 85.1 Å². The van der Waals surface area contributed by atoms with Crippen molar-refractivity contribution >= 4 is 38.9 Å². The van der Waals surface area contributed by atoms with Crippen LogP contribution in [-0.4, -0.2) is 18.6 Å². The summed E-state index contributed by atoms with van der Waals surface area (Å²) >= 11 is 11.7. The Morgan fingerprint density at radius 1 is 1.04 bits per heavy atom. The number of nitrogens with one attached hydrogen (secondary N) is 1. The van der Waals surface area contributed by atoms with Crippen LogP contribution in [0.2, 0.25) is 10.0 Å². The van der Waals surface area contributed by atoms with Crippen molar-refractivity contribution in [3.8, 4) is 11.5 Å². The predicted molar refractivity (Wildman–Crippen MR) is 91.7 cm³/mol. The van der Waals surface area contributed by atoms with Crippen LogP contribution in [-0.2, 0) is 10.0 Å². The van der Waals surface area contributed by atoms with Gasteiger partial charge in [-0.1, -0.05) is 29.3 Å². The molecule has 9 heteroatoms. The molecule has 0 saturated carbocycles. The van der Waals surface area contributed by atoms with Gasteiger partial charge in [0.2, 0.25) is 11.8 Å². The van der Waals surface area contributed by atoms with Crippen LogP contribution in [0.15, 0.2) is 51.8 Å². The summed E-state index contributed by atoms with van der Waals surface area (Å²) in [5, 5.41) is 8.21. The molecule has 0 atom stereocenters. The predicted octanol–water partition coefficient (Wildman–Crippen LogP) is 4.15. The smallest absolute Gasteiger partial charge is 0.261 e. The van der Waals surface area contributed by atoms with Crippen molar-refractivity contribution in [2.45, 2.75) is 11.8 Å². The number of benzene rings is 2. The molecule has 124 valence electrons. The van der Waals surface area contributed by atoms with Crippen LogP contribution < -0.4 is 4.72 Å². The second-order valence-corrected chi connectivity index (χ2v) is 7.39. The van der Waals surface area contributed by atoms with Gasteiger partial charge in [-0.05, 0) is 36.4 Å². The summed E-state index contributed by atoms with van der Waals surface area (Å²) in [7, 11) is -3.81. The first-order chi connectivity index (χ1) is 11.3. The fourth-order valence-corrected chi connectivity index (χ4v) is 3.38. The average Bonchev–Trinajstić information content (AvgIpc) is 2.97. The highest BCUT2D eigenvalue weighted by Gasteiger charge is 2.17. The molecule has 0 radical (unpaired) electrons. The summed E-state index contributed by atoms with van der Waals surface area (Å²) in [6.07, 6.45) is 0. The lowest BCUT2D eigenvalue weighted by Gasteiger charge is -2.09. The van der Waals surface area contributed by atoms with E-state index in [9.17, 15) is 8.42 Å².